The fourth-order valence-corrected chi connectivity index (χ4v) is 4.14. The molecule has 3 atom stereocenters. The van der Waals surface area contributed by atoms with E-state index in [2.05, 4.69) is 13.2 Å². The number of nitrogens with zero attached hydrogens (tertiary/aromatic N) is 2. The number of carbonyl (C=O) groups is 2. The molecule has 21 heavy (non-hydrogen) atoms. The molecule has 2 aliphatic rings. The van der Waals surface area contributed by atoms with Gasteiger partial charge in [0.1, 0.15) is 0 Å². The van der Waals surface area contributed by atoms with Gasteiger partial charge in [-0.15, -0.1) is 0 Å². The number of fused-ring (bicyclic) bond motifs is 1. The van der Waals surface area contributed by atoms with Crippen LogP contribution in [-0.2, 0) is 9.59 Å². The van der Waals surface area contributed by atoms with Crippen molar-refractivity contribution in [1.82, 2.24) is 0 Å². The molecular weight excluding hydrogens is 337 g/mol. The zero-order valence-corrected chi connectivity index (χ0v) is 13.2. The SMILES string of the molecule is CC1C[C@H](C(=O)Nc2cccc3c2N=[Se]=N3)[C@H](C(=O)O)C1. The van der Waals surface area contributed by atoms with Gasteiger partial charge in [-0.2, -0.15) is 0 Å². The summed E-state index contributed by atoms with van der Waals surface area (Å²) >= 11 is -0.158. The molecule has 110 valence electrons. The third-order valence-electron chi connectivity index (χ3n) is 4.00. The van der Waals surface area contributed by atoms with Crippen molar-refractivity contribution in [3.8, 4) is 0 Å². The average molecular weight is 352 g/mol. The molecule has 6 nitrogen and oxygen atoms in total. The van der Waals surface area contributed by atoms with Gasteiger partial charge < -0.3 is 0 Å². The molecule has 1 aliphatic heterocycles. The van der Waals surface area contributed by atoms with Crippen LogP contribution in [0.2, 0.25) is 0 Å². The van der Waals surface area contributed by atoms with Gasteiger partial charge in [-0.25, -0.2) is 0 Å². The van der Waals surface area contributed by atoms with Gasteiger partial charge in [-0.05, 0) is 0 Å². The Bertz CT molecular complexity index is 682. The molecule has 1 amide bonds. The van der Waals surface area contributed by atoms with Gasteiger partial charge >= 0.3 is 127 Å². The van der Waals surface area contributed by atoms with E-state index in [0.29, 0.717) is 24.2 Å². The van der Waals surface area contributed by atoms with Gasteiger partial charge in [0.05, 0.1) is 0 Å². The maximum atomic E-state index is 12.4. The fourth-order valence-electron chi connectivity index (χ4n) is 2.99. The van der Waals surface area contributed by atoms with Gasteiger partial charge in [0.15, 0.2) is 0 Å². The number of benzene rings is 1. The average Bonchev–Trinajstić information content (AvgIpc) is 3.05. The topological polar surface area (TPSA) is 91.1 Å². The first-order chi connectivity index (χ1) is 10.1. The summed E-state index contributed by atoms with van der Waals surface area (Å²) in [5.41, 5.74) is 2.13. The Morgan fingerprint density at radius 2 is 2.05 bits per heavy atom. The van der Waals surface area contributed by atoms with Crippen LogP contribution in [0.4, 0.5) is 17.1 Å². The predicted octanol–water partition coefficient (Wildman–Crippen LogP) is 2.72. The van der Waals surface area contributed by atoms with Crippen LogP contribution in [0, 0.1) is 17.8 Å². The number of carboxylic acids is 1. The molecule has 0 bridgehead atoms. The number of hydrogen-bond acceptors (Lipinski definition) is 4. The second-order valence-electron chi connectivity index (χ2n) is 5.55. The number of anilines is 1. The van der Waals surface area contributed by atoms with E-state index in [1.807, 2.05) is 19.1 Å². The Labute approximate surface area is 127 Å². The van der Waals surface area contributed by atoms with Gasteiger partial charge in [0, 0.05) is 0 Å². The molecule has 1 aromatic carbocycles. The minimum absolute atomic E-state index is 0.158. The Morgan fingerprint density at radius 3 is 2.81 bits per heavy atom. The van der Waals surface area contributed by atoms with Crippen LogP contribution in [0.1, 0.15) is 19.8 Å². The van der Waals surface area contributed by atoms with Crippen LogP contribution < -0.4 is 5.32 Å². The molecule has 1 saturated carbocycles. The maximum absolute atomic E-state index is 12.4. The number of rotatable bonds is 3. The van der Waals surface area contributed by atoms with E-state index in [1.165, 1.54) is 0 Å². The summed E-state index contributed by atoms with van der Waals surface area (Å²) in [6, 6.07) is 5.47. The van der Waals surface area contributed by atoms with Crippen molar-refractivity contribution in [3.05, 3.63) is 18.2 Å². The van der Waals surface area contributed by atoms with Gasteiger partial charge in [0.25, 0.3) is 0 Å². The predicted molar refractivity (Wildman–Crippen MR) is 78.0 cm³/mol. The molecular formula is C14H15N3O3Se. The minimum atomic E-state index is -0.888. The van der Waals surface area contributed by atoms with E-state index < -0.39 is 17.8 Å². The van der Waals surface area contributed by atoms with E-state index in [-0.39, 0.29) is 26.4 Å². The molecule has 1 unspecified atom stereocenters. The van der Waals surface area contributed by atoms with Crippen LogP contribution in [0.15, 0.2) is 26.1 Å². The Kier molecular flexibility index (Phi) is 3.78. The molecule has 1 aliphatic carbocycles. The van der Waals surface area contributed by atoms with E-state index in [9.17, 15) is 14.7 Å². The Morgan fingerprint density at radius 1 is 1.29 bits per heavy atom. The molecule has 0 radical (unpaired) electrons. The number of aliphatic carboxylic acids is 1. The van der Waals surface area contributed by atoms with Crippen LogP contribution in [0.5, 0.6) is 0 Å². The second kappa shape index (κ2) is 5.58. The van der Waals surface area contributed by atoms with Crippen molar-refractivity contribution in [2.45, 2.75) is 19.8 Å². The molecule has 0 spiro atoms. The molecule has 0 saturated heterocycles. The van der Waals surface area contributed by atoms with E-state index in [1.54, 1.807) is 6.07 Å². The number of amides is 1. The van der Waals surface area contributed by atoms with Crippen molar-refractivity contribution < 1.29 is 14.7 Å². The number of hydrogen-bond donors (Lipinski definition) is 2. The first kappa shape index (κ1) is 14.2. The molecule has 1 heterocycles. The van der Waals surface area contributed by atoms with Crippen molar-refractivity contribution in [2.24, 2.45) is 25.7 Å². The standard InChI is InChI=1S/C14H15N3O3Se/c1-7-5-8(9(6-7)14(19)20)13(18)15-10-3-2-4-11-12(10)17-21-16-11/h2-4,7-9H,5-6H2,1H3,(H,15,18)(H,19,20)/t7?,8-,9+/m0/s1. The van der Waals surface area contributed by atoms with E-state index >= 15 is 0 Å². The fraction of sp³-hybridized carbons (Fsp3) is 0.429. The number of carboxylic acid groups (broad SMARTS) is 1. The zero-order valence-electron chi connectivity index (χ0n) is 11.4. The molecule has 2 N–H and O–H groups in total. The van der Waals surface area contributed by atoms with Crippen LogP contribution in [0.25, 0.3) is 0 Å². The van der Waals surface area contributed by atoms with Gasteiger partial charge in [0.2, 0.25) is 0 Å². The summed E-state index contributed by atoms with van der Waals surface area (Å²) in [6.45, 7) is 1.99. The quantitative estimate of drug-likeness (QED) is 0.832. The summed E-state index contributed by atoms with van der Waals surface area (Å²) in [7, 11) is 0. The van der Waals surface area contributed by atoms with Crippen molar-refractivity contribution in [1.29, 1.82) is 0 Å². The van der Waals surface area contributed by atoms with Crippen molar-refractivity contribution in [2.75, 3.05) is 5.32 Å². The monoisotopic (exact) mass is 353 g/mol. The molecule has 1 aromatic rings. The summed E-state index contributed by atoms with van der Waals surface area (Å²) in [6.07, 6.45) is 1.17. The van der Waals surface area contributed by atoms with Crippen molar-refractivity contribution >= 4 is 43.5 Å². The third-order valence-corrected chi connectivity index (χ3v) is 5.13. The molecule has 1 fully saturated rings. The van der Waals surface area contributed by atoms with Crippen LogP contribution in [0.3, 0.4) is 0 Å². The Balaban J connectivity index is 1.80. The second-order valence-corrected chi connectivity index (χ2v) is 6.66. The summed E-state index contributed by atoms with van der Waals surface area (Å²) < 4.78 is 8.58. The van der Waals surface area contributed by atoms with E-state index in [0.717, 1.165) is 5.69 Å². The van der Waals surface area contributed by atoms with E-state index in [4.69, 9.17) is 0 Å². The van der Waals surface area contributed by atoms with Crippen LogP contribution in [-0.4, -0.2) is 31.6 Å². The normalized spacial score (nSPS) is 26.2. The van der Waals surface area contributed by atoms with Gasteiger partial charge in [-0.3, -0.25) is 0 Å². The first-order valence-electron chi connectivity index (χ1n) is 6.81. The first-order valence-corrected chi connectivity index (χ1v) is 8.34. The molecule has 3 rings (SSSR count). The summed E-state index contributed by atoms with van der Waals surface area (Å²) in [4.78, 5) is 23.7. The summed E-state index contributed by atoms with van der Waals surface area (Å²) in [5, 5.41) is 12.1. The Hall–Kier alpha value is -1.72. The molecule has 0 aromatic heterocycles. The van der Waals surface area contributed by atoms with Gasteiger partial charge in [-0.1, -0.05) is 0 Å². The van der Waals surface area contributed by atoms with Crippen LogP contribution >= 0.6 is 0 Å². The number of nitrogens with one attached hydrogen (secondary N) is 1. The third kappa shape index (κ3) is 2.71. The van der Waals surface area contributed by atoms with Crippen molar-refractivity contribution in [3.63, 3.8) is 0 Å². The molecule has 7 heteroatoms. The number of carbonyl (C=O) groups excluding carboxylic acids is 1. The summed E-state index contributed by atoms with van der Waals surface area (Å²) in [5.74, 6) is -1.93. The zero-order chi connectivity index (χ0) is 15.0.